The van der Waals surface area contributed by atoms with Crippen LogP contribution in [0.25, 0.3) is 0 Å². The number of hydrogen-bond acceptors (Lipinski definition) is 4. The van der Waals surface area contributed by atoms with E-state index in [1.807, 2.05) is 0 Å². The molecule has 0 amide bonds. The van der Waals surface area contributed by atoms with E-state index in [2.05, 4.69) is 27.4 Å². The molecule has 0 heterocycles. The van der Waals surface area contributed by atoms with Gasteiger partial charge in [0.25, 0.3) is 0 Å². The lowest BCUT2D eigenvalue weighted by Gasteiger charge is -2.08. The second-order valence-electron chi connectivity index (χ2n) is 3.16. The Morgan fingerprint density at radius 1 is 1.60 bits per heavy atom. The molecule has 0 aliphatic carbocycles. The molecule has 0 rings (SSSR count). The zero-order valence-electron chi connectivity index (χ0n) is 8.82. The monoisotopic (exact) mass is 280 g/mol. The summed E-state index contributed by atoms with van der Waals surface area (Å²) in [6.07, 6.45) is 3.42. The summed E-state index contributed by atoms with van der Waals surface area (Å²) < 4.78 is 4.94. The predicted molar refractivity (Wildman–Crippen MR) is 60.9 cm³/mol. The summed E-state index contributed by atoms with van der Waals surface area (Å²) in [5.41, 5.74) is 0. The third-order valence-corrected chi connectivity index (χ3v) is 2.22. The topological polar surface area (TPSA) is 55.8 Å². The maximum Gasteiger partial charge on any atom is 0.319 e. The molecule has 0 radical (unpaired) electrons. The van der Waals surface area contributed by atoms with Gasteiger partial charge in [-0.25, -0.2) is 4.89 Å². The molecular formula is C10H17BrO4. The Kier molecular flexibility index (Phi) is 8.65. The summed E-state index contributed by atoms with van der Waals surface area (Å²) >= 11 is 3.11. The fourth-order valence-corrected chi connectivity index (χ4v) is 1.08. The first kappa shape index (κ1) is 14.6. The zero-order valence-corrected chi connectivity index (χ0v) is 10.4. The Morgan fingerprint density at radius 2 is 2.27 bits per heavy atom. The minimum atomic E-state index is -0.337. The lowest BCUT2D eigenvalue weighted by atomic mass is 10.1. The minimum Gasteiger partial charge on any atom is -0.465 e. The molecule has 88 valence electrons. The van der Waals surface area contributed by atoms with E-state index in [1.165, 1.54) is 6.08 Å². The van der Waals surface area contributed by atoms with Crippen molar-refractivity contribution in [3.63, 3.8) is 0 Å². The van der Waals surface area contributed by atoms with Crippen LogP contribution in [0.1, 0.15) is 26.2 Å². The van der Waals surface area contributed by atoms with Gasteiger partial charge in [0.15, 0.2) is 0 Å². The highest BCUT2D eigenvalue weighted by molar-refractivity contribution is 9.10. The van der Waals surface area contributed by atoms with E-state index >= 15 is 0 Å². The lowest BCUT2D eigenvalue weighted by molar-refractivity contribution is -0.267. The van der Waals surface area contributed by atoms with Crippen LogP contribution >= 0.6 is 15.9 Å². The molecule has 0 aromatic rings. The van der Waals surface area contributed by atoms with Gasteiger partial charge in [0.1, 0.15) is 10.9 Å². The summed E-state index contributed by atoms with van der Waals surface area (Å²) in [6.45, 7) is 5.62. The molecule has 1 N–H and O–H groups in total. The molecule has 0 aliphatic heterocycles. The van der Waals surface area contributed by atoms with E-state index in [9.17, 15) is 4.79 Å². The van der Waals surface area contributed by atoms with Crippen LogP contribution in [0, 0.1) is 0 Å². The molecule has 15 heavy (non-hydrogen) atoms. The van der Waals surface area contributed by atoms with Crippen LogP contribution in [0.3, 0.4) is 0 Å². The fourth-order valence-electron chi connectivity index (χ4n) is 0.949. The summed E-state index contributed by atoms with van der Waals surface area (Å²) in [5.74, 6) is -0.256. The van der Waals surface area contributed by atoms with Crippen molar-refractivity contribution in [3.05, 3.63) is 12.7 Å². The van der Waals surface area contributed by atoms with Crippen LogP contribution < -0.4 is 0 Å². The molecule has 2 unspecified atom stereocenters. The molecule has 0 saturated carbocycles. The molecule has 0 aromatic carbocycles. The van der Waals surface area contributed by atoms with E-state index in [0.29, 0.717) is 13.0 Å². The summed E-state index contributed by atoms with van der Waals surface area (Å²) in [6, 6.07) is 0. The zero-order chi connectivity index (χ0) is 11.7. The van der Waals surface area contributed by atoms with Crippen LogP contribution in [0.5, 0.6) is 0 Å². The Morgan fingerprint density at radius 3 is 2.73 bits per heavy atom. The summed E-state index contributed by atoms with van der Waals surface area (Å²) in [7, 11) is 0. The number of carbonyl (C=O) groups is 1. The second kappa shape index (κ2) is 8.88. The molecule has 5 heteroatoms. The highest BCUT2D eigenvalue weighted by Crippen LogP contribution is 2.06. The lowest BCUT2D eigenvalue weighted by Crippen LogP contribution is -2.15. The SMILES string of the molecule is C=CC(CCCCOC(=O)C(C)Br)OO. The van der Waals surface area contributed by atoms with E-state index in [4.69, 9.17) is 9.99 Å². The van der Waals surface area contributed by atoms with Gasteiger partial charge in [0.05, 0.1) is 6.61 Å². The van der Waals surface area contributed by atoms with Crippen LogP contribution in [0.2, 0.25) is 0 Å². The Labute approximate surface area is 98.3 Å². The highest BCUT2D eigenvalue weighted by Gasteiger charge is 2.09. The fraction of sp³-hybridized carbons (Fsp3) is 0.700. The van der Waals surface area contributed by atoms with Crippen LogP contribution in [-0.2, 0) is 14.4 Å². The molecule has 0 aromatic heterocycles. The van der Waals surface area contributed by atoms with Crippen LogP contribution in [0.4, 0.5) is 0 Å². The van der Waals surface area contributed by atoms with Crippen molar-refractivity contribution in [2.75, 3.05) is 6.61 Å². The van der Waals surface area contributed by atoms with Gasteiger partial charge in [0, 0.05) is 0 Å². The predicted octanol–water partition coefficient (Wildman–Crippen LogP) is 2.53. The van der Waals surface area contributed by atoms with Crippen LogP contribution in [-0.4, -0.2) is 28.8 Å². The van der Waals surface area contributed by atoms with Gasteiger partial charge in [-0.15, -0.1) is 6.58 Å². The Balaban J connectivity index is 3.39. The molecule has 2 atom stereocenters. The highest BCUT2D eigenvalue weighted by atomic mass is 79.9. The normalized spacial score (nSPS) is 14.3. The molecule has 0 fully saturated rings. The van der Waals surface area contributed by atoms with E-state index in [0.717, 1.165) is 12.8 Å². The molecule has 0 aliphatic rings. The van der Waals surface area contributed by atoms with Crippen molar-refractivity contribution in [2.45, 2.75) is 37.1 Å². The summed E-state index contributed by atoms with van der Waals surface area (Å²) in [4.78, 5) is 14.9. The molecular weight excluding hydrogens is 264 g/mol. The number of ether oxygens (including phenoxy) is 1. The van der Waals surface area contributed by atoms with E-state index < -0.39 is 0 Å². The van der Waals surface area contributed by atoms with E-state index in [1.54, 1.807) is 6.92 Å². The van der Waals surface area contributed by atoms with Gasteiger partial charge in [0.2, 0.25) is 0 Å². The average Bonchev–Trinajstić information content (AvgIpc) is 2.23. The first-order chi connectivity index (χ1) is 7.11. The van der Waals surface area contributed by atoms with Crippen molar-refractivity contribution in [1.82, 2.24) is 0 Å². The van der Waals surface area contributed by atoms with Crippen molar-refractivity contribution < 1.29 is 19.7 Å². The standard InChI is InChI=1S/C10H17BrO4/c1-3-9(15-13)6-4-5-7-14-10(12)8(2)11/h3,8-9,13H,1,4-7H2,2H3. The number of rotatable bonds is 8. The number of unbranched alkanes of at least 4 members (excludes halogenated alkanes) is 1. The van der Waals surface area contributed by atoms with Gasteiger partial charge >= 0.3 is 5.97 Å². The molecule has 0 spiro atoms. The number of esters is 1. The van der Waals surface area contributed by atoms with Crippen molar-refractivity contribution in [2.24, 2.45) is 0 Å². The van der Waals surface area contributed by atoms with Crippen molar-refractivity contribution in [1.29, 1.82) is 0 Å². The Bertz CT molecular complexity index is 194. The third-order valence-electron chi connectivity index (χ3n) is 1.85. The quantitative estimate of drug-likeness (QED) is 0.185. The van der Waals surface area contributed by atoms with E-state index in [-0.39, 0.29) is 16.9 Å². The maximum atomic E-state index is 11.0. The third kappa shape index (κ3) is 7.53. The molecule has 0 saturated heterocycles. The minimum absolute atomic E-state index is 0.256. The maximum absolute atomic E-state index is 11.0. The van der Waals surface area contributed by atoms with Gasteiger partial charge < -0.3 is 4.74 Å². The summed E-state index contributed by atoms with van der Waals surface area (Å²) in [5, 5.41) is 8.38. The second-order valence-corrected chi connectivity index (χ2v) is 4.53. The average molecular weight is 281 g/mol. The van der Waals surface area contributed by atoms with Gasteiger partial charge in [-0.2, -0.15) is 0 Å². The Hall–Kier alpha value is -0.390. The van der Waals surface area contributed by atoms with Crippen molar-refractivity contribution in [3.8, 4) is 0 Å². The first-order valence-electron chi connectivity index (χ1n) is 4.85. The number of carbonyl (C=O) groups excluding carboxylic acids is 1. The molecule has 0 bridgehead atoms. The van der Waals surface area contributed by atoms with Gasteiger partial charge in [-0.1, -0.05) is 22.0 Å². The molecule has 4 nitrogen and oxygen atoms in total. The van der Waals surface area contributed by atoms with Gasteiger partial charge in [-0.3, -0.25) is 10.1 Å². The van der Waals surface area contributed by atoms with Crippen LogP contribution in [0.15, 0.2) is 12.7 Å². The smallest absolute Gasteiger partial charge is 0.319 e. The van der Waals surface area contributed by atoms with Gasteiger partial charge in [-0.05, 0) is 26.2 Å². The first-order valence-corrected chi connectivity index (χ1v) is 5.76. The number of halogens is 1. The number of hydrogen-bond donors (Lipinski definition) is 1. The number of alkyl halides is 1. The largest absolute Gasteiger partial charge is 0.465 e. The van der Waals surface area contributed by atoms with Crippen molar-refractivity contribution >= 4 is 21.9 Å².